The fourth-order valence-corrected chi connectivity index (χ4v) is 1.21. The van der Waals surface area contributed by atoms with Gasteiger partial charge in [0.15, 0.2) is 0 Å². The highest BCUT2D eigenvalue weighted by Crippen LogP contribution is 2.26. The predicted octanol–water partition coefficient (Wildman–Crippen LogP) is 2.35. The fourth-order valence-electron chi connectivity index (χ4n) is 1.21. The summed E-state index contributed by atoms with van der Waals surface area (Å²) >= 11 is 0. The van der Waals surface area contributed by atoms with Crippen molar-refractivity contribution in [3.05, 3.63) is 23.3 Å². The lowest BCUT2D eigenvalue weighted by molar-refractivity contribution is 0.243. The van der Waals surface area contributed by atoms with Gasteiger partial charge in [-0.3, -0.25) is 0 Å². The molecule has 0 spiro atoms. The molecule has 0 amide bonds. The summed E-state index contributed by atoms with van der Waals surface area (Å²) in [6, 6.07) is 3.65. The minimum atomic E-state index is 0.119. The summed E-state index contributed by atoms with van der Waals surface area (Å²) in [5, 5.41) is 0. The van der Waals surface area contributed by atoms with Gasteiger partial charge in [-0.05, 0) is 38.5 Å². The normalized spacial score (nSPS) is 9.93. The number of ether oxygens (including phenoxy) is 1. The smallest absolute Gasteiger partial charge is 0.142 e. The Morgan fingerprint density at radius 2 is 2.07 bits per heavy atom. The van der Waals surface area contributed by atoms with Crippen LogP contribution in [0.2, 0.25) is 0 Å². The number of nitrogens with two attached hydrogens (primary N) is 1. The maximum atomic E-state index is 5.79. The lowest BCUT2D eigenvalue weighted by Gasteiger charge is -2.13. The maximum absolute atomic E-state index is 5.79. The summed E-state index contributed by atoms with van der Waals surface area (Å²) in [6.45, 7) is 5.87. The topological polar surface area (TPSA) is 35.2 Å². The molecule has 0 saturated carbocycles. The van der Waals surface area contributed by atoms with E-state index in [4.69, 9.17) is 16.9 Å². The molecule has 0 atom stereocenters. The molecule has 0 fully saturated rings. The first-order valence-corrected chi connectivity index (χ1v) is 4.58. The van der Waals surface area contributed by atoms with Crippen LogP contribution in [-0.4, -0.2) is 6.10 Å². The standard InChI is InChI=1S/C12H15NO/c1-5-10-7-11(13)12(6-9(10)4)14-8(2)3/h1,6-8H,13H2,2-4H3. The van der Waals surface area contributed by atoms with Gasteiger partial charge < -0.3 is 10.5 Å². The zero-order valence-corrected chi connectivity index (χ0v) is 8.79. The number of rotatable bonds is 2. The highest BCUT2D eigenvalue weighted by molar-refractivity contribution is 5.60. The second-order valence-corrected chi connectivity index (χ2v) is 3.52. The molecular formula is C12H15NO. The molecule has 0 aliphatic heterocycles. The molecular weight excluding hydrogens is 174 g/mol. The van der Waals surface area contributed by atoms with E-state index < -0.39 is 0 Å². The van der Waals surface area contributed by atoms with Crippen LogP contribution in [0, 0.1) is 19.3 Å². The summed E-state index contributed by atoms with van der Waals surface area (Å²) in [5.41, 5.74) is 8.22. The van der Waals surface area contributed by atoms with Crippen molar-refractivity contribution < 1.29 is 4.74 Å². The first kappa shape index (κ1) is 10.5. The van der Waals surface area contributed by atoms with E-state index in [0.29, 0.717) is 11.4 Å². The van der Waals surface area contributed by atoms with Crippen LogP contribution in [-0.2, 0) is 0 Å². The fraction of sp³-hybridized carbons (Fsp3) is 0.333. The Morgan fingerprint density at radius 3 is 2.57 bits per heavy atom. The van der Waals surface area contributed by atoms with Gasteiger partial charge in [-0.25, -0.2) is 0 Å². The highest BCUT2D eigenvalue weighted by Gasteiger charge is 2.06. The number of benzene rings is 1. The first-order chi connectivity index (χ1) is 6.54. The van der Waals surface area contributed by atoms with Crippen molar-refractivity contribution in [1.29, 1.82) is 0 Å². The van der Waals surface area contributed by atoms with Crippen LogP contribution in [0.25, 0.3) is 0 Å². The molecule has 1 aromatic rings. The zero-order valence-electron chi connectivity index (χ0n) is 8.79. The number of terminal acetylenes is 1. The molecule has 1 rings (SSSR count). The van der Waals surface area contributed by atoms with Crippen LogP contribution >= 0.6 is 0 Å². The number of aryl methyl sites for hydroxylation is 1. The minimum Gasteiger partial charge on any atom is -0.489 e. The van der Waals surface area contributed by atoms with E-state index in [2.05, 4.69) is 5.92 Å². The van der Waals surface area contributed by atoms with Crippen molar-refractivity contribution in [2.24, 2.45) is 0 Å². The Bertz CT molecular complexity index is 375. The van der Waals surface area contributed by atoms with Gasteiger partial charge in [0.2, 0.25) is 0 Å². The summed E-state index contributed by atoms with van der Waals surface area (Å²) in [7, 11) is 0. The van der Waals surface area contributed by atoms with Crippen molar-refractivity contribution in [3.8, 4) is 18.1 Å². The Kier molecular flexibility index (Phi) is 3.03. The van der Waals surface area contributed by atoms with E-state index in [0.717, 1.165) is 11.1 Å². The molecule has 14 heavy (non-hydrogen) atoms. The van der Waals surface area contributed by atoms with Gasteiger partial charge in [0.25, 0.3) is 0 Å². The van der Waals surface area contributed by atoms with Crippen LogP contribution in [0.5, 0.6) is 5.75 Å². The average Bonchev–Trinajstić information content (AvgIpc) is 2.10. The number of hydrogen-bond donors (Lipinski definition) is 1. The van der Waals surface area contributed by atoms with Crippen molar-refractivity contribution in [2.75, 3.05) is 5.73 Å². The summed E-state index contributed by atoms with van der Waals surface area (Å²) in [4.78, 5) is 0. The third kappa shape index (κ3) is 2.20. The molecule has 74 valence electrons. The number of anilines is 1. The highest BCUT2D eigenvalue weighted by atomic mass is 16.5. The van der Waals surface area contributed by atoms with E-state index in [1.165, 1.54) is 0 Å². The zero-order chi connectivity index (χ0) is 10.7. The van der Waals surface area contributed by atoms with Crippen LogP contribution in [0.3, 0.4) is 0 Å². The summed E-state index contributed by atoms with van der Waals surface area (Å²) < 4.78 is 5.53. The molecule has 2 N–H and O–H groups in total. The SMILES string of the molecule is C#Cc1cc(N)c(OC(C)C)cc1C. The first-order valence-electron chi connectivity index (χ1n) is 4.58. The molecule has 2 heteroatoms. The van der Waals surface area contributed by atoms with Crippen LogP contribution < -0.4 is 10.5 Å². The predicted molar refractivity (Wildman–Crippen MR) is 59.3 cm³/mol. The third-order valence-corrected chi connectivity index (χ3v) is 1.87. The van der Waals surface area contributed by atoms with Gasteiger partial charge in [0.1, 0.15) is 5.75 Å². The molecule has 0 aliphatic carbocycles. The van der Waals surface area contributed by atoms with Crippen molar-refractivity contribution in [2.45, 2.75) is 26.9 Å². The second kappa shape index (κ2) is 4.06. The van der Waals surface area contributed by atoms with Crippen LogP contribution in [0.4, 0.5) is 5.69 Å². The molecule has 0 unspecified atom stereocenters. The molecule has 2 nitrogen and oxygen atoms in total. The van der Waals surface area contributed by atoms with Crippen molar-refractivity contribution >= 4 is 5.69 Å². The van der Waals surface area contributed by atoms with E-state index in [1.807, 2.05) is 26.8 Å². The molecule has 0 aliphatic rings. The van der Waals surface area contributed by atoms with Crippen LogP contribution in [0.15, 0.2) is 12.1 Å². The van der Waals surface area contributed by atoms with Gasteiger partial charge in [0.05, 0.1) is 11.8 Å². The van der Waals surface area contributed by atoms with Gasteiger partial charge in [-0.15, -0.1) is 6.42 Å². The maximum Gasteiger partial charge on any atom is 0.142 e. The summed E-state index contributed by atoms with van der Waals surface area (Å²) in [6.07, 6.45) is 5.44. The lowest BCUT2D eigenvalue weighted by atomic mass is 10.1. The molecule has 0 saturated heterocycles. The van der Waals surface area contributed by atoms with Crippen LogP contribution in [0.1, 0.15) is 25.0 Å². The summed E-state index contributed by atoms with van der Waals surface area (Å²) in [5.74, 6) is 3.29. The second-order valence-electron chi connectivity index (χ2n) is 3.52. The Balaban J connectivity index is 3.10. The van der Waals surface area contributed by atoms with Crippen molar-refractivity contribution in [3.63, 3.8) is 0 Å². The van der Waals surface area contributed by atoms with Gasteiger partial charge in [-0.1, -0.05) is 5.92 Å². The van der Waals surface area contributed by atoms with E-state index in [9.17, 15) is 0 Å². The lowest BCUT2D eigenvalue weighted by Crippen LogP contribution is -2.08. The molecule has 0 heterocycles. The number of hydrogen-bond acceptors (Lipinski definition) is 2. The van der Waals surface area contributed by atoms with Gasteiger partial charge in [0, 0.05) is 5.56 Å². The van der Waals surface area contributed by atoms with Gasteiger partial charge in [-0.2, -0.15) is 0 Å². The largest absolute Gasteiger partial charge is 0.489 e. The van der Waals surface area contributed by atoms with E-state index in [1.54, 1.807) is 6.07 Å². The van der Waals surface area contributed by atoms with Gasteiger partial charge >= 0.3 is 0 Å². The Labute approximate surface area is 85.1 Å². The molecule has 0 bridgehead atoms. The van der Waals surface area contributed by atoms with E-state index in [-0.39, 0.29) is 6.10 Å². The van der Waals surface area contributed by atoms with Crippen molar-refractivity contribution in [1.82, 2.24) is 0 Å². The molecule has 1 aromatic carbocycles. The number of nitrogen functional groups attached to an aromatic ring is 1. The molecule has 0 radical (unpaired) electrons. The Hall–Kier alpha value is -1.62. The average molecular weight is 189 g/mol. The van der Waals surface area contributed by atoms with E-state index >= 15 is 0 Å². The quantitative estimate of drug-likeness (QED) is 0.572. The molecule has 0 aromatic heterocycles. The minimum absolute atomic E-state index is 0.119. The third-order valence-electron chi connectivity index (χ3n) is 1.87. The monoisotopic (exact) mass is 189 g/mol. The Morgan fingerprint density at radius 1 is 1.43 bits per heavy atom.